The number of ether oxygens (including phenoxy) is 1. The van der Waals surface area contributed by atoms with Crippen molar-refractivity contribution in [1.82, 2.24) is 0 Å². The fourth-order valence-electron chi connectivity index (χ4n) is 2.16. The van der Waals surface area contributed by atoms with Gasteiger partial charge >= 0.3 is 0 Å². The third kappa shape index (κ3) is 2.32. The highest BCUT2D eigenvalue weighted by Gasteiger charge is 2.40. The van der Waals surface area contributed by atoms with E-state index in [0.29, 0.717) is 17.9 Å². The molecule has 1 aromatic carbocycles. The summed E-state index contributed by atoms with van der Waals surface area (Å²) >= 11 is 0. The summed E-state index contributed by atoms with van der Waals surface area (Å²) in [6.07, 6.45) is 1.24. The third-order valence-corrected chi connectivity index (χ3v) is 3.13. The average molecular weight is 205 g/mol. The number of hydrogen-bond donors (Lipinski definition) is 1. The smallest absolute Gasteiger partial charge is 0.119 e. The van der Waals surface area contributed by atoms with Crippen LogP contribution in [0.25, 0.3) is 0 Å². The lowest BCUT2D eigenvalue weighted by Gasteiger charge is -2.06. The minimum absolute atomic E-state index is 0.321. The monoisotopic (exact) mass is 205 g/mol. The van der Waals surface area contributed by atoms with E-state index in [2.05, 4.69) is 31.2 Å². The van der Waals surface area contributed by atoms with Gasteiger partial charge in [-0.1, -0.05) is 12.1 Å². The molecule has 1 fully saturated rings. The van der Waals surface area contributed by atoms with Gasteiger partial charge in [0.2, 0.25) is 0 Å². The topological polar surface area (TPSA) is 35.2 Å². The van der Waals surface area contributed by atoms with Gasteiger partial charge in [-0.2, -0.15) is 0 Å². The van der Waals surface area contributed by atoms with Crippen LogP contribution in [0.2, 0.25) is 0 Å². The molecule has 1 aliphatic carbocycles. The van der Waals surface area contributed by atoms with Gasteiger partial charge in [-0.05, 0) is 49.8 Å². The first-order chi connectivity index (χ1) is 7.22. The zero-order valence-corrected chi connectivity index (χ0v) is 9.44. The number of benzene rings is 1. The van der Waals surface area contributed by atoms with Crippen LogP contribution in [-0.2, 0) is 0 Å². The molecule has 0 radical (unpaired) electrons. The summed E-state index contributed by atoms with van der Waals surface area (Å²) in [6, 6.07) is 8.75. The molecule has 1 saturated carbocycles. The molecule has 2 rings (SSSR count). The van der Waals surface area contributed by atoms with Crippen LogP contribution in [-0.4, -0.2) is 12.6 Å². The molecule has 0 spiro atoms. The number of rotatable bonds is 4. The van der Waals surface area contributed by atoms with Gasteiger partial charge in [0.1, 0.15) is 5.75 Å². The Kier molecular flexibility index (Phi) is 2.96. The van der Waals surface area contributed by atoms with Crippen LogP contribution in [0.1, 0.15) is 31.7 Å². The normalized spacial score (nSPS) is 26.1. The summed E-state index contributed by atoms with van der Waals surface area (Å²) < 4.78 is 5.41. The van der Waals surface area contributed by atoms with Crippen LogP contribution >= 0.6 is 0 Å². The van der Waals surface area contributed by atoms with E-state index in [1.54, 1.807) is 0 Å². The van der Waals surface area contributed by atoms with Crippen LogP contribution in [0, 0.1) is 5.92 Å². The minimum atomic E-state index is 0.321. The Hall–Kier alpha value is -1.02. The Morgan fingerprint density at radius 2 is 2.07 bits per heavy atom. The first-order valence-corrected chi connectivity index (χ1v) is 5.70. The van der Waals surface area contributed by atoms with Gasteiger partial charge in [0.15, 0.2) is 0 Å². The van der Waals surface area contributed by atoms with Crippen molar-refractivity contribution in [2.24, 2.45) is 11.7 Å². The molecule has 0 bridgehead atoms. The summed E-state index contributed by atoms with van der Waals surface area (Å²) in [6.45, 7) is 4.82. The van der Waals surface area contributed by atoms with Gasteiger partial charge in [0.05, 0.1) is 6.61 Å². The van der Waals surface area contributed by atoms with Gasteiger partial charge in [-0.25, -0.2) is 0 Å². The fourth-order valence-corrected chi connectivity index (χ4v) is 2.16. The molecule has 0 saturated heterocycles. The van der Waals surface area contributed by atoms with Gasteiger partial charge in [0, 0.05) is 6.04 Å². The predicted molar refractivity (Wildman–Crippen MR) is 62.1 cm³/mol. The highest BCUT2D eigenvalue weighted by atomic mass is 16.5. The Morgan fingerprint density at radius 3 is 2.53 bits per heavy atom. The molecule has 15 heavy (non-hydrogen) atoms. The van der Waals surface area contributed by atoms with Crippen molar-refractivity contribution in [3.8, 4) is 5.75 Å². The van der Waals surface area contributed by atoms with Gasteiger partial charge in [0.25, 0.3) is 0 Å². The second-order valence-electron chi connectivity index (χ2n) is 4.37. The van der Waals surface area contributed by atoms with E-state index in [0.717, 1.165) is 12.4 Å². The summed E-state index contributed by atoms with van der Waals surface area (Å²) in [5, 5.41) is 0. The molecular weight excluding hydrogens is 186 g/mol. The summed E-state index contributed by atoms with van der Waals surface area (Å²) in [5.74, 6) is 2.32. The second-order valence-corrected chi connectivity index (χ2v) is 4.37. The molecule has 0 aromatic heterocycles. The third-order valence-electron chi connectivity index (χ3n) is 3.13. The molecule has 1 aromatic rings. The standard InChI is InChI=1S/C13H19NO/c1-3-15-11-6-4-10(5-7-11)13-8-12(13)9(2)14/h4-7,9,12-13H,3,8,14H2,1-2H3/t9-,12+,13-/m0/s1. The van der Waals surface area contributed by atoms with Crippen molar-refractivity contribution < 1.29 is 4.74 Å². The van der Waals surface area contributed by atoms with Crippen molar-refractivity contribution in [2.75, 3.05) is 6.61 Å². The van der Waals surface area contributed by atoms with E-state index in [1.807, 2.05) is 6.92 Å². The molecule has 0 heterocycles. The molecule has 2 nitrogen and oxygen atoms in total. The van der Waals surface area contributed by atoms with E-state index in [4.69, 9.17) is 10.5 Å². The number of nitrogens with two attached hydrogens (primary N) is 1. The van der Waals surface area contributed by atoms with Gasteiger partial charge < -0.3 is 10.5 Å². The van der Waals surface area contributed by atoms with Gasteiger partial charge in [-0.15, -0.1) is 0 Å². The van der Waals surface area contributed by atoms with Crippen molar-refractivity contribution in [2.45, 2.75) is 32.2 Å². The Balaban J connectivity index is 2.00. The van der Waals surface area contributed by atoms with Crippen molar-refractivity contribution in [1.29, 1.82) is 0 Å². The average Bonchev–Trinajstić information content (AvgIpc) is 2.99. The van der Waals surface area contributed by atoms with E-state index >= 15 is 0 Å². The maximum absolute atomic E-state index is 5.88. The summed E-state index contributed by atoms with van der Waals surface area (Å²) in [7, 11) is 0. The quantitative estimate of drug-likeness (QED) is 0.819. The van der Waals surface area contributed by atoms with Crippen molar-refractivity contribution in [3.63, 3.8) is 0 Å². The molecular formula is C13H19NO. The SMILES string of the molecule is CCOc1ccc([C@@H]2C[C@@H]2[C@H](C)N)cc1. The van der Waals surface area contributed by atoms with Crippen LogP contribution in [0.4, 0.5) is 0 Å². The largest absolute Gasteiger partial charge is 0.494 e. The maximum Gasteiger partial charge on any atom is 0.119 e. The van der Waals surface area contributed by atoms with Crippen molar-refractivity contribution >= 4 is 0 Å². The van der Waals surface area contributed by atoms with Crippen LogP contribution in [0.15, 0.2) is 24.3 Å². The predicted octanol–water partition coefficient (Wildman–Crippen LogP) is 2.54. The summed E-state index contributed by atoms with van der Waals surface area (Å²) in [4.78, 5) is 0. The lowest BCUT2D eigenvalue weighted by Crippen LogP contribution is -2.17. The van der Waals surface area contributed by atoms with E-state index in [-0.39, 0.29) is 0 Å². The molecule has 1 aliphatic rings. The Labute approximate surface area is 91.4 Å². The lowest BCUT2D eigenvalue weighted by molar-refractivity contribution is 0.340. The first-order valence-electron chi connectivity index (χ1n) is 5.70. The molecule has 82 valence electrons. The molecule has 0 unspecified atom stereocenters. The number of hydrogen-bond acceptors (Lipinski definition) is 2. The molecule has 0 amide bonds. The van der Waals surface area contributed by atoms with E-state index in [9.17, 15) is 0 Å². The zero-order valence-electron chi connectivity index (χ0n) is 9.44. The van der Waals surface area contributed by atoms with Crippen LogP contribution in [0.5, 0.6) is 5.75 Å². The van der Waals surface area contributed by atoms with Gasteiger partial charge in [-0.3, -0.25) is 0 Å². The summed E-state index contributed by atoms with van der Waals surface area (Å²) in [5.41, 5.74) is 7.28. The Bertz CT molecular complexity index is 318. The van der Waals surface area contributed by atoms with Crippen molar-refractivity contribution in [3.05, 3.63) is 29.8 Å². The first kappa shape index (κ1) is 10.5. The molecule has 2 N–H and O–H groups in total. The fraction of sp³-hybridized carbons (Fsp3) is 0.538. The highest BCUT2D eigenvalue weighted by molar-refractivity contribution is 5.33. The Morgan fingerprint density at radius 1 is 1.40 bits per heavy atom. The maximum atomic E-state index is 5.88. The molecule has 3 atom stereocenters. The van der Waals surface area contributed by atoms with E-state index in [1.165, 1.54) is 12.0 Å². The van der Waals surface area contributed by atoms with Crippen LogP contribution < -0.4 is 10.5 Å². The zero-order chi connectivity index (χ0) is 10.8. The second kappa shape index (κ2) is 4.23. The lowest BCUT2D eigenvalue weighted by atomic mass is 10.1. The van der Waals surface area contributed by atoms with E-state index < -0.39 is 0 Å². The highest BCUT2D eigenvalue weighted by Crippen LogP contribution is 2.49. The molecule has 2 heteroatoms. The minimum Gasteiger partial charge on any atom is -0.494 e. The van der Waals surface area contributed by atoms with Crippen LogP contribution in [0.3, 0.4) is 0 Å². The molecule has 0 aliphatic heterocycles.